The van der Waals surface area contributed by atoms with E-state index in [-0.39, 0.29) is 5.97 Å². The van der Waals surface area contributed by atoms with Crippen molar-refractivity contribution >= 4 is 5.97 Å². The van der Waals surface area contributed by atoms with E-state index >= 15 is 0 Å². The van der Waals surface area contributed by atoms with Crippen molar-refractivity contribution in [2.24, 2.45) is 5.92 Å². The van der Waals surface area contributed by atoms with Gasteiger partial charge < -0.3 is 9.84 Å². The quantitative estimate of drug-likeness (QED) is 0.0957. The molecule has 2 unspecified atom stereocenters. The lowest BCUT2D eigenvalue weighted by Gasteiger charge is -2.35. The van der Waals surface area contributed by atoms with Gasteiger partial charge in [0.2, 0.25) is 0 Å². The number of carbonyl (C=O) groups is 1. The first-order chi connectivity index (χ1) is 18.6. The smallest absolute Gasteiger partial charge is 0.312 e. The van der Waals surface area contributed by atoms with E-state index in [0.29, 0.717) is 19.4 Å². The van der Waals surface area contributed by atoms with Crippen LogP contribution in [0.1, 0.15) is 168 Å². The van der Waals surface area contributed by atoms with Crippen LogP contribution in [0.15, 0.2) is 30.3 Å². The van der Waals surface area contributed by atoms with Gasteiger partial charge in [-0.1, -0.05) is 173 Å². The van der Waals surface area contributed by atoms with Crippen LogP contribution in [0.5, 0.6) is 0 Å². The monoisotopic (exact) mass is 530 g/mol. The van der Waals surface area contributed by atoms with Crippen molar-refractivity contribution in [1.82, 2.24) is 0 Å². The van der Waals surface area contributed by atoms with Crippen molar-refractivity contribution in [3.05, 3.63) is 35.9 Å². The molecule has 0 aliphatic heterocycles. The van der Waals surface area contributed by atoms with E-state index in [0.717, 1.165) is 44.1 Å². The van der Waals surface area contributed by atoms with E-state index in [4.69, 9.17) is 4.74 Å². The molecule has 0 aliphatic carbocycles. The van der Waals surface area contributed by atoms with Crippen molar-refractivity contribution in [3.8, 4) is 0 Å². The first-order valence-corrected chi connectivity index (χ1v) is 16.5. The van der Waals surface area contributed by atoms with E-state index in [1.807, 2.05) is 30.3 Å². The number of carbonyl (C=O) groups excluding carboxylic acids is 1. The maximum Gasteiger partial charge on any atom is 0.312 e. The molecule has 1 N–H and O–H groups in total. The van der Waals surface area contributed by atoms with Crippen molar-refractivity contribution in [3.63, 3.8) is 0 Å². The summed E-state index contributed by atoms with van der Waals surface area (Å²) in [5.41, 5.74) is -0.313. The summed E-state index contributed by atoms with van der Waals surface area (Å²) in [6.07, 6.45) is 26.4. The number of esters is 1. The van der Waals surface area contributed by atoms with Gasteiger partial charge in [0.1, 0.15) is 5.60 Å². The molecule has 220 valence electrons. The largest absolute Gasteiger partial charge is 0.465 e. The molecule has 38 heavy (non-hydrogen) atoms. The molecule has 0 aliphatic rings. The van der Waals surface area contributed by atoms with E-state index in [2.05, 4.69) is 20.8 Å². The van der Waals surface area contributed by atoms with Crippen molar-refractivity contribution in [2.75, 3.05) is 6.61 Å². The molecule has 2 atom stereocenters. The fourth-order valence-corrected chi connectivity index (χ4v) is 5.58. The molecule has 0 radical (unpaired) electrons. The summed E-state index contributed by atoms with van der Waals surface area (Å²) >= 11 is 0. The first kappa shape index (κ1) is 34.7. The fraction of sp³-hybridized carbons (Fsp3) is 0.800. The average molecular weight is 531 g/mol. The molecule has 3 nitrogen and oxygen atoms in total. The predicted octanol–water partition coefficient (Wildman–Crippen LogP) is 10.7. The topological polar surface area (TPSA) is 46.5 Å². The van der Waals surface area contributed by atoms with Gasteiger partial charge in [-0.3, -0.25) is 4.79 Å². The molecule has 1 aromatic carbocycles. The van der Waals surface area contributed by atoms with Crippen LogP contribution in [0, 0.1) is 5.92 Å². The summed E-state index contributed by atoms with van der Waals surface area (Å²) in [6.45, 7) is 7.01. The molecule has 0 bridgehead atoms. The Morgan fingerprint density at radius 3 is 1.58 bits per heavy atom. The van der Waals surface area contributed by atoms with E-state index < -0.39 is 11.5 Å². The molecule has 0 saturated carbocycles. The minimum absolute atomic E-state index is 0.220. The van der Waals surface area contributed by atoms with Crippen LogP contribution in [0.2, 0.25) is 0 Å². The Morgan fingerprint density at radius 1 is 0.658 bits per heavy atom. The zero-order valence-electron chi connectivity index (χ0n) is 25.5. The molecule has 1 rings (SSSR count). The highest BCUT2D eigenvalue weighted by Gasteiger charge is 2.42. The maximum absolute atomic E-state index is 13.2. The molecule has 0 saturated heterocycles. The van der Waals surface area contributed by atoms with E-state index in [9.17, 15) is 9.90 Å². The lowest BCUT2D eigenvalue weighted by atomic mass is 9.75. The highest BCUT2D eigenvalue weighted by atomic mass is 16.5. The number of benzene rings is 1. The summed E-state index contributed by atoms with van der Waals surface area (Å²) in [6, 6.07) is 9.77. The summed E-state index contributed by atoms with van der Waals surface area (Å²) in [5.74, 6) is -0.723. The van der Waals surface area contributed by atoms with Crippen LogP contribution < -0.4 is 0 Å². The van der Waals surface area contributed by atoms with Crippen molar-refractivity contribution in [1.29, 1.82) is 0 Å². The van der Waals surface area contributed by atoms with E-state index in [1.54, 1.807) is 0 Å². The zero-order chi connectivity index (χ0) is 27.7. The second kappa shape index (κ2) is 23.5. The third-order valence-electron chi connectivity index (χ3n) is 8.13. The summed E-state index contributed by atoms with van der Waals surface area (Å²) in [4.78, 5) is 13.2. The third kappa shape index (κ3) is 15.3. The molecule has 0 aromatic heterocycles. The SMILES string of the molecule is CCCCCCCCCCCCCCCCCCOC(=O)C(CCCC)C(O)(CCCC)c1ccccc1. The molecule has 0 amide bonds. The molecule has 3 heteroatoms. The van der Waals surface area contributed by atoms with Gasteiger partial charge in [-0.2, -0.15) is 0 Å². The van der Waals surface area contributed by atoms with Crippen LogP contribution in [0.3, 0.4) is 0 Å². The van der Waals surface area contributed by atoms with Gasteiger partial charge in [-0.25, -0.2) is 0 Å². The van der Waals surface area contributed by atoms with Gasteiger partial charge >= 0.3 is 5.97 Å². The number of hydrogen-bond acceptors (Lipinski definition) is 3. The third-order valence-corrected chi connectivity index (χ3v) is 8.13. The Labute approximate surface area is 236 Å². The molecular weight excluding hydrogens is 468 g/mol. The van der Waals surface area contributed by atoms with Gasteiger partial charge in [-0.15, -0.1) is 0 Å². The average Bonchev–Trinajstić information content (AvgIpc) is 2.94. The van der Waals surface area contributed by atoms with Gasteiger partial charge in [0.05, 0.1) is 12.5 Å². The number of unbranched alkanes of at least 4 members (excludes halogenated alkanes) is 17. The van der Waals surface area contributed by atoms with Crippen molar-refractivity contribution < 1.29 is 14.6 Å². The van der Waals surface area contributed by atoms with Gasteiger partial charge in [0.25, 0.3) is 0 Å². The Balaban J connectivity index is 2.24. The minimum atomic E-state index is -1.15. The number of hydrogen-bond donors (Lipinski definition) is 1. The van der Waals surface area contributed by atoms with Crippen LogP contribution in [0.4, 0.5) is 0 Å². The van der Waals surface area contributed by atoms with Crippen LogP contribution in [-0.2, 0) is 15.1 Å². The van der Waals surface area contributed by atoms with Crippen LogP contribution >= 0.6 is 0 Å². The van der Waals surface area contributed by atoms with Gasteiger partial charge in [0.15, 0.2) is 0 Å². The normalized spacial score (nSPS) is 13.8. The maximum atomic E-state index is 13.2. The van der Waals surface area contributed by atoms with Gasteiger partial charge in [-0.05, 0) is 24.8 Å². The second-order valence-electron chi connectivity index (χ2n) is 11.6. The lowest BCUT2D eigenvalue weighted by Crippen LogP contribution is -2.41. The minimum Gasteiger partial charge on any atom is -0.465 e. The number of ether oxygens (including phenoxy) is 1. The van der Waals surface area contributed by atoms with E-state index in [1.165, 1.54) is 89.9 Å². The van der Waals surface area contributed by atoms with Crippen LogP contribution in [-0.4, -0.2) is 17.7 Å². The Bertz CT molecular complexity index is 658. The number of aliphatic hydroxyl groups is 1. The Morgan fingerprint density at radius 2 is 1.11 bits per heavy atom. The first-order valence-electron chi connectivity index (χ1n) is 16.5. The summed E-state index contributed by atoms with van der Waals surface area (Å²) in [5, 5.41) is 11.8. The lowest BCUT2D eigenvalue weighted by molar-refractivity contribution is -0.161. The zero-order valence-corrected chi connectivity index (χ0v) is 25.5. The second-order valence-corrected chi connectivity index (χ2v) is 11.6. The molecule has 0 heterocycles. The molecule has 0 fully saturated rings. The van der Waals surface area contributed by atoms with Crippen LogP contribution in [0.25, 0.3) is 0 Å². The predicted molar refractivity (Wildman–Crippen MR) is 163 cm³/mol. The summed E-state index contributed by atoms with van der Waals surface area (Å²) in [7, 11) is 0. The molecule has 0 spiro atoms. The summed E-state index contributed by atoms with van der Waals surface area (Å²) < 4.78 is 5.77. The molecular formula is C35H62O3. The number of rotatable bonds is 26. The Hall–Kier alpha value is -1.35. The highest BCUT2D eigenvalue weighted by molar-refractivity contribution is 5.74. The van der Waals surface area contributed by atoms with Crippen molar-refractivity contribution in [2.45, 2.75) is 168 Å². The standard InChI is InChI=1S/C35H62O3/c1-4-7-10-11-12-13-14-15-16-17-18-19-20-21-22-26-31-38-34(36)33(29-8-5-2)35(37,30-9-6-3)32-27-24-23-25-28-32/h23-25,27-28,33,37H,4-22,26,29-31H2,1-3H3. The fourth-order valence-electron chi connectivity index (χ4n) is 5.58. The van der Waals surface area contributed by atoms with Gasteiger partial charge in [0, 0.05) is 0 Å². The highest BCUT2D eigenvalue weighted by Crippen LogP contribution is 2.38. The Kier molecular flexibility index (Phi) is 21.5. The molecule has 1 aromatic rings.